The summed E-state index contributed by atoms with van der Waals surface area (Å²) >= 11 is 0. The third-order valence-electron chi connectivity index (χ3n) is 1.19. The summed E-state index contributed by atoms with van der Waals surface area (Å²) in [6.45, 7) is 5.54. The van der Waals surface area contributed by atoms with E-state index in [4.69, 9.17) is 0 Å². The highest BCUT2D eigenvalue weighted by Gasteiger charge is 2.05. The van der Waals surface area contributed by atoms with Crippen LogP contribution in [0.4, 0.5) is 0 Å². The first-order chi connectivity index (χ1) is 5.62. The van der Waals surface area contributed by atoms with Crippen LogP contribution in [0.25, 0.3) is 0 Å². The van der Waals surface area contributed by atoms with Crippen molar-refractivity contribution in [3.63, 3.8) is 0 Å². The van der Waals surface area contributed by atoms with E-state index < -0.39 is 10.1 Å². The van der Waals surface area contributed by atoms with Crippen LogP contribution in [0.1, 0.15) is 13.8 Å². The van der Waals surface area contributed by atoms with Gasteiger partial charge >= 0.3 is 0 Å². The number of hydrogen-bond donors (Lipinski definition) is 2. The molecule has 0 atom stereocenters. The largest absolute Gasteiger partial charge is 0.316 e. The lowest BCUT2D eigenvalue weighted by Gasteiger charge is -2.04. The summed E-state index contributed by atoms with van der Waals surface area (Å²) in [7, 11) is -3.35. The monoisotopic (exact) mass is 196 g/mol. The Morgan fingerprint density at radius 2 is 1.92 bits per heavy atom. The lowest BCUT2D eigenvalue weighted by Crippen LogP contribution is -2.29. The minimum atomic E-state index is -3.35. The van der Waals surface area contributed by atoms with Crippen molar-refractivity contribution in [1.29, 1.82) is 0 Å². The Morgan fingerprint density at radius 1 is 1.25 bits per heavy atom. The number of likely N-dealkylation sites (N-methyl/N-ethyl adjacent to an activating group) is 1. The Morgan fingerprint density at radius 3 is 2.42 bits per heavy atom. The van der Waals surface area contributed by atoms with Gasteiger partial charge in [0.15, 0.2) is 0 Å². The molecular formula is C6H16N2O3S. The first-order valence-corrected chi connectivity index (χ1v) is 5.55. The minimum Gasteiger partial charge on any atom is -0.316 e. The second kappa shape index (κ2) is 6.36. The van der Waals surface area contributed by atoms with Crippen molar-refractivity contribution < 1.29 is 12.7 Å². The molecule has 0 unspecified atom stereocenters. The standard InChI is InChI=1S/C6H16N2O3S/c1-3-7-5-6-8-11-12(9,10)4-2/h7-8H,3-6H2,1-2H3. The van der Waals surface area contributed by atoms with Crippen molar-refractivity contribution in [2.75, 3.05) is 25.4 Å². The Balaban J connectivity index is 3.32. The molecule has 12 heavy (non-hydrogen) atoms. The average Bonchev–Trinajstić information content (AvgIpc) is 2.04. The third kappa shape index (κ3) is 6.53. The highest BCUT2D eigenvalue weighted by molar-refractivity contribution is 7.86. The van der Waals surface area contributed by atoms with E-state index >= 15 is 0 Å². The predicted molar refractivity (Wildman–Crippen MR) is 47.1 cm³/mol. The van der Waals surface area contributed by atoms with Crippen molar-refractivity contribution in [3.8, 4) is 0 Å². The molecule has 0 heterocycles. The first-order valence-electron chi connectivity index (χ1n) is 3.97. The quantitative estimate of drug-likeness (QED) is 0.423. The fourth-order valence-corrected chi connectivity index (χ4v) is 0.887. The minimum absolute atomic E-state index is 0.0127. The third-order valence-corrected chi connectivity index (χ3v) is 2.27. The summed E-state index contributed by atoms with van der Waals surface area (Å²) < 4.78 is 25.9. The fourth-order valence-electron chi connectivity index (χ4n) is 0.507. The van der Waals surface area contributed by atoms with E-state index in [2.05, 4.69) is 15.1 Å². The molecule has 2 N–H and O–H groups in total. The molecule has 0 radical (unpaired) electrons. The van der Waals surface area contributed by atoms with Crippen LogP contribution >= 0.6 is 0 Å². The molecule has 0 bridgehead atoms. The Hall–Kier alpha value is -0.170. The second-order valence-corrected chi connectivity index (χ2v) is 4.04. The molecule has 0 aromatic carbocycles. The van der Waals surface area contributed by atoms with Crippen molar-refractivity contribution in [3.05, 3.63) is 0 Å². The van der Waals surface area contributed by atoms with Crippen LogP contribution in [0, 0.1) is 0 Å². The molecule has 74 valence electrons. The Labute approximate surface area is 73.6 Å². The zero-order valence-corrected chi connectivity index (χ0v) is 8.28. The maximum Gasteiger partial charge on any atom is 0.282 e. The van der Waals surface area contributed by atoms with Gasteiger partial charge in [0.2, 0.25) is 0 Å². The second-order valence-electron chi connectivity index (χ2n) is 2.18. The van der Waals surface area contributed by atoms with E-state index in [1.807, 2.05) is 6.92 Å². The number of nitrogens with one attached hydrogen (secondary N) is 2. The van der Waals surface area contributed by atoms with Gasteiger partial charge in [-0.25, -0.2) is 0 Å². The van der Waals surface area contributed by atoms with E-state index in [0.29, 0.717) is 13.1 Å². The SMILES string of the molecule is CCNCCNOS(=O)(=O)CC. The molecule has 0 aliphatic heterocycles. The molecule has 6 heteroatoms. The van der Waals surface area contributed by atoms with Gasteiger partial charge in [-0.05, 0) is 13.5 Å². The molecule has 0 aromatic rings. The lowest BCUT2D eigenvalue weighted by molar-refractivity contribution is 0.205. The predicted octanol–water partition coefficient (Wildman–Crippen LogP) is -0.533. The molecule has 0 rings (SSSR count). The number of rotatable bonds is 7. The van der Waals surface area contributed by atoms with Gasteiger partial charge in [0.1, 0.15) is 0 Å². The molecule has 0 saturated carbocycles. The molecule has 0 aliphatic rings. The van der Waals surface area contributed by atoms with E-state index in [1.165, 1.54) is 6.92 Å². The van der Waals surface area contributed by atoms with Crippen molar-refractivity contribution in [2.24, 2.45) is 0 Å². The Kier molecular flexibility index (Phi) is 6.27. The van der Waals surface area contributed by atoms with Crippen LogP contribution < -0.4 is 10.8 Å². The van der Waals surface area contributed by atoms with Gasteiger partial charge in [-0.2, -0.15) is 18.2 Å². The van der Waals surface area contributed by atoms with Crippen LogP contribution in [0.15, 0.2) is 0 Å². The van der Waals surface area contributed by atoms with Crippen LogP contribution in [-0.4, -0.2) is 33.8 Å². The van der Waals surface area contributed by atoms with Gasteiger partial charge in [0, 0.05) is 13.1 Å². The van der Waals surface area contributed by atoms with E-state index in [-0.39, 0.29) is 5.75 Å². The van der Waals surface area contributed by atoms with Gasteiger partial charge < -0.3 is 5.32 Å². The van der Waals surface area contributed by atoms with Crippen LogP contribution in [-0.2, 0) is 14.4 Å². The smallest absolute Gasteiger partial charge is 0.282 e. The summed E-state index contributed by atoms with van der Waals surface area (Å²) in [6, 6.07) is 0. The molecule has 0 amide bonds. The molecule has 0 saturated heterocycles. The van der Waals surface area contributed by atoms with Gasteiger partial charge in [0.05, 0.1) is 5.75 Å². The van der Waals surface area contributed by atoms with Crippen molar-refractivity contribution in [2.45, 2.75) is 13.8 Å². The topological polar surface area (TPSA) is 67.4 Å². The highest BCUT2D eigenvalue weighted by atomic mass is 32.2. The molecule has 0 spiro atoms. The maximum absolute atomic E-state index is 10.7. The van der Waals surface area contributed by atoms with Gasteiger partial charge in [-0.3, -0.25) is 0 Å². The summed E-state index contributed by atoms with van der Waals surface area (Å²) in [5.41, 5.74) is 2.36. The normalized spacial score (nSPS) is 11.8. The molecule has 5 nitrogen and oxygen atoms in total. The highest BCUT2D eigenvalue weighted by Crippen LogP contribution is 1.86. The van der Waals surface area contributed by atoms with Crippen molar-refractivity contribution in [1.82, 2.24) is 10.8 Å². The van der Waals surface area contributed by atoms with Crippen LogP contribution in [0.2, 0.25) is 0 Å². The number of hydroxylamine groups is 1. The van der Waals surface area contributed by atoms with E-state index in [9.17, 15) is 8.42 Å². The first kappa shape index (κ1) is 11.8. The van der Waals surface area contributed by atoms with Crippen LogP contribution in [0.3, 0.4) is 0 Å². The van der Waals surface area contributed by atoms with Crippen LogP contribution in [0.5, 0.6) is 0 Å². The van der Waals surface area contributed by atoms with Gasteiger partial charge in [0.25, 0.3) is 10.1 Å². The average molecular weight is 196 g/mol. The lowest BCUT2D eigenvalue weighted by atomic mass is 10.6. The molecule has 0 fully saturated rings. The molecular weight excluding hydrogens is 180 g/mol. The Bertz CT molecular complexity index is 191. The molecule has 0 aromatic heterocycles. The van der Waals surface area contributed by atoms with Crippen molar-refractivity contribution >= 4 is 10.1 Å². The fraction of sp³-hybridized carbons (Fsp3) is 1.00. The summed E-state index contributed by atoms with van der Waals surface area (Å²) in [4.78, 5) is 0. The zero-order valence-electron chi connectivity index (χ0n) is 7.46. The number of hydrogen-bond acceptors (Lipinski definition) is 5. The van der Waals surface area contributed by atoms with Gasteiger partial charge in [-0.1, -0.05) is 6.92 Å². The molecule has 0 aliphatic carbocycles. The maximum atomic E-state index is 10.7. The zero-order chi connectivity index (χ0) is 9.45. The van der Waals surface area contributed by atoms with Gasteiger partial charge in [-0.15, -0.1) is 0 Å². The summed E-state index contributed by atoms with van der Waals surface area (Å²) in [5.74, 6) is -0.0127. The van der Waals surface area contributed by atoms with E-state index in [0.717, 1.165) is 6.54 Å². The van der Waals surface area contributed by atoms with E-state index in [1.54, 1.807) is 0 Å². The summed E-state index contributed by atoms with van der Waals surface area (Å²) in [5, 5.41) is 3.02. The summed E-state index contributed by atoms with van der Waals surface area (Å²) in [6.07, 6.45) is 0.